The number of carbonyl (C=O) groups excluding carboxylic acids is 1. The molecule has 3 N–H and O–H groups in total. The molecule has 0 aliphatic rings. The molecule has 0 heterocycles. The number of carbonyl (C=O) groups is 2. The number of aliphatic hydroxyl groups is 1. The molecule has 0 aliphatic heterocycles. The summed E-state index contributed by atoms with van der Waals surface area (Å²) in [5.74, 6) is -1.03. The molecule has 0 bridgehead atoms. The summed E-state index contributed by atoms with van der Waals surface area (Å²) in [6, 6.07) is 2.75. The lowest BCUT2D eigenvalue weighted by Crippen LogP contribution is -2.41. The lowest BCUT2D eigenvalue weighted by atomic mass is 10.0. The minimum atomic E-state index is -1.03. The Hall–Kier alpha value is -2.08. The van der Waals surface area contributed by atoms with Gasteiger partial charge in [-0.15, -0.1) is 0 Å². The summed E-state index contributed by atoms with van der Waals surface area (Å²) in [6.07, 6.45) is 0. The lowest BCUT2D eigenvalue weighted by Gasteiger charge is -2.26. The van der Waals surface area contributed by atoms with Crippen LogP contribution in [-0.2, 0) is 0 Å². The maximum Gasteiger partial charge on any atom is 0.336 e. The summed E-state index contributed by atoms with van der Waals surface area (Å²) in [5, 5.41) is 21.5. The summed E-state index contributed by atoms with van der Waals surface area (Å²) < 4.78 is 0. The number of hydrogen-bond acceptors (Lipinski definition) is 3. The predicted molar refractivity (Wildman–Crippen MR) is 80.8 cm³/mol. The van der Waals surface area contributed by atoms with Crippen LogP contribution in [0.4, 0.5) is 10.5 Å². The highest BCUT2D eigenvalue weighted by atomic mass is 16.4. The van der Waals surface area contributed by atoms with Gasteiger partial charge in [0.25, 0.3) is 0 Å². The summed E-state index contributed by atoms with van der Waals surface area (Å²) in [5.41, 5.74) is 1.04. The van der Waals surface area contributed by atoms with Crippen molar-refractivity contribution in [1.29, 1.82) is 0 Å². The van der Waals surface area contributed by atoms with Gasteiger partial charge >= 0.3 is 12.0 Å². The number of rotatable bonds is 4. The summed E-state index contributed by atoms with van der Waals surface area (Å²) >= 11 is 0. The van der Waals surface area contributed by atoms with Crippen LogP contribution in [0.15, 0.2) is 12.1 Å². The third-order valence-corrected chi connectivity index (χ3v) is 3.12. The highest BCUT2D eigenvalue weighted by Gasteiger charge is 2.20. The maximum atomic E-state index is 12.0. The van der Waals surface area contributed by atoms with Gasteiger partial charge in [-0.3, -0.25) is 0 Å². The lowest BCUT2D eigenvalue weighted by molar-refractivity contribution is 0.0550. The molecule has 0 spiro atoms. The van der Waals surface area contributed by atoms with Crippen LogP contribution < -0.4 is 5.32 Å². The van der Waals surface area contributed by atoms with E-state index < -0.39 is 17.6 Å². The van der Waals surface area contributed by atoms with Crippen molar-refractivity contribution < 1.29 is 19.8 Å². The molecule has 0 fully saturated rings. The largest absolute Gasteiger partial charge is 0.478 e. The van der Waals surface area contributed by atoms with E-state index in [-0.39, 0.29) is 12.1 Å². The second kappa shape index (κ2) is 6.13. The Bertz CT molecular complexity index is 562. The first kappa shape index (κ1) is 17.0. The van der Waals surface area contributed by atoms with Crippen molar-refractivity contribution in [3.63, 3.8) is 0 Å². The average molecular weight is 294 g/mol. The quantitative estimate of drug-likeness (QED) is 0.794. The van der Waals surface area contributed by atoms with Crippen LogP contribution >= 0.6 is 0 Å². The molecular weight excluding hydrogens is 272 g/mol. The van der Waals surface area contributed by atoms with Gasteiger partial charge in [0, 0.05) is 12.7 Å². The smallest absolute Gasteiger partial charge is 0.336 e. The molecule has 0 saturated carbocycles. The van der Waals surface area contributed by atoms with E-state index in [4.69, 9.17) is 5.11 Å². The van der Waals surface area contributed by atoms with Gasteiger partial charge in [0.1, 0.15) is 0 Å². The number of benzene rings is 1. The number of likely N-dealkylation sites (N-methyl/N-ethyl adjacent to an activating group) is 1. The van der Waals surface area contributed by atoms with Gasteiger partial charge in [-0.05, 0) is 51.0 Å². The molecule has 6 heteroatoms. The normalized spacial score (nSPS) is 11.1. The summed E-state index contributed by atoms with van der Waals surface area (Å²) in [6.45, 7) is 6.89. The summed E-state index contributed by atoms with van der Waals surface area (Å²) in [4.78, 5) is 24.5. The molecule has 0 atom stereocenters. The maximum absolute atomic E-state index is 12.0. The second-order valence-electron chi connectivity index (χ2n) is 5.87. The fourth-order valence-electron chi connectivity index (χ4n) is 2.02. The topological polar surface area (TPSA) is 89.9 Å². The molecular formula is C15H22N2O4. The van der Waals surface area contributed by atoms with Crippen molar-refractivity contribution in [2.75, 3.05) is 18.9 Å². The molecule has 2 amide bonds. The molecule has 1 aromatic carbocycles. The zero-order chi connectivity index (χ0) is 16.4. The second-order valence-corrected chi connectivity index (χ2v) is 5.87. The minimum Gasteiger partial charge on any atom is -0.478 e. The van der Waals surface area contributed by atoms with Crippen LogP contribution in [0.2, 0.25) is 0 Å². The monoisotopic (exact) mass is 294 g/mol. The Balaban J connectivity index is 2.93. The SMILES string of the molecule is Cc1cc(NC(=O)N(C)CC(C)(C)O)cc(C(=O)O)c1C. The van der Waals surface area contributed by atoms with Gasteiger partial charge in [-0.2, -0.15) is 0 Å². The number of nitrogens with zero attached hydrogens (tertiary/aromatic N) is 1. The predicted octanol–water partition coefficient (Wildman–Crippen LogP) is 2.24. The highest BCUT2D eigenvalue weighted by molar-refractivity contribution is 5.94. The number of aromatic carboxylic acids is 1. The third kappa shape index (κ3) is 4.75. The molecule has 0 radical (unpaired) electrons. The van der Waals surface area contributed by atoms with Gasteiger partial charge in [-0.25, -0.2) is 9.59 Å². The number of anilines is 1. The number of nitrogens with one attached hydrogen (secondary N) is 1. The van der Waals surface area contributed by atoms with E-state index >= 15 is 0 Å². The van der Waals surface area contributed by atoms with E-state index in [1.807, 2.05) is 0 Å². The minimum absolute atomic E-state index is 0.162. The van der Waals surface area contributed by atoms with Gasteiger partial charge in [0.05, 0.1) is 17.7 Å². The Labute approximate surface area is 124 Å². The van der Waals surface area contributed by atoms with Crippen LogP contribution in [0.5, 0.6) is 0 Å². The van der Waals surface area contributed by atoms with E-state index in [1.54, 1.807) is 40.8 Å². The highest BCUT2D eigenvalue weighted by Crippen LogP contribution is 2.20. The Morgan fingerprint density at radius 1 is 1.29 bits per heavy atom. The van der Waals surface area contributed by atoms with E-state index in [1.165, 1.54) is 11.0 Å². The van der Waals surface area contributed by atoms with Gasteiger partial charge in [0.2, 0.25) is 0 Å². The van der Waals surface area contributed by atoms with Crippen molar-refractivity contribution in [3.05, 3.63) is 28.8 Å². The zero-order valence-electron chi connectivity index (χ0n) is 13.0. The van der Waals surface area contributed by atoms with E-state index in [0.717, 1.165) is 5.56 Å². The van der Waals surface area contributed by atoms with Crippen LogP contribution in [0.3, 0.4) is 0 Å². The first-order valence-corrected chi connectivity index (χ1v) is 6.60. The van der Waals surface area contributed by atoms with Crippen molar-refractivity contribution in [3.8, 4) is 0 Å². The van der Waals surface area contributed by atoms with E-state index in [9.17, 15) is 14.7 Å². The number of urea groups is 1. The van der Waals surface area contributed by atoms with Gasteiger partial charge < -0.3 is 20.4 Å². The Morgan fingerprint density at radius 3 is 2.33 bits per heavy atom. The molecule has 0 unspecified atom stereocenters. The van der Waals surface area contributed by atoms with Crippen molar-refractivity contribution >= 4 is 17.7 Å². The third-order valence-electron chi connectivity index (χ3n) is 3.12. The summed E-state index contributed by atoms with van der Waals surface area (Å²) in [7, 11) is 1.56. The molecule has 0 aliphatic carbocycles. The zero-order valence-corrected chi connectivity index (χ0v) is 13.0. The molecule has 6 nitrogen and oxygen atoms in total. The molecule has 1 rings (SSSR count). The van der Waals surface area contributed by atoms with Crippen LogP contribution in [0.1, 0.15) is 35.3 Å². The fourth-order valence-corrected chi connectivity index (χ4v) is 2.02. The van der Waals surface area contributed by atoms with E-state index in [0.29, 0.717) is 11.3 Å². The molecule has 21 heavy (non-hydrogen) atoms. The molecule has 116 valence electrons. The first-order valence-electron chi connectivity index (χ1n) is 6.60. The molecule has 0 aromatic heterocycles. The van der Waals surface area contributed by atoms with Crippen molar-refractivity contribution in [2.45, 2.75) is 33.3 Å². The number of amides is 2. The number of aryl methyl sites for hydroxylation is 1. The van der Waals surface area contributed by atoms with Gasteiger partial charge in [-0.1, -0.05) is 0 Å². The van der Waals surface area contributed by atoms with Gasteiger partial charge in [0.15, 0.2) is 0 Å². The van der Waals surface area contributed by atoms with Crippen LogP contribution in [-0.4, -0.2) is 46.3 Å². The number of carboxylic acids is 1. The Morgan fingerprint density at radius 2 is 1.86 bits per heavy atom. The van der Waals surface area contributed by atoms with E-state index in [2.05, 4.69) is 5.32 Å². The van der Waals surface area contributed by atoms with Crippen LogP contribution in [0.25, 0.3) is 0 Å². The molecule has 0 saturated heterocycles. The van der Waals surface area contributed by atoms with Crippen molar-refractivity contribution in [1.82, 2.24) is 4.90 Å². The number of hydrogen-bond donors (Lipinski definition) is 3. The first-order chi connectivity index (χ1) is 9.51. The van der Waals surface area contributed by atoms with Crippen molar-refractivity contribution in [2.24, 2.45) is 0 Å². The fraction of sp³-hybridized carbons (Fsp3) is 0.467. The average Bonchev–Trinajstić information content (AvgIpc) is 2.30. The Kier molecular flexibility index (Phi) is 4.96. The van der Waals surface area contributed by atoms with Crippen LogP contribution in [0, 0.1) is 13.8 Å². The molecule has 1 aromatic rings. The number of carboxylic acid groups (broad SMARTS) is 1. The standard InChI is InChI=1S/C15H22N2O4/c1-9-6-11(7-12(10(9)2)13(18)19)16-14(20)17(5)8-15(3,4)21/h6-7,21H,8H2,1-5H3,(H,16,20)(H,18,19).